The summed E-state index contributed by atoms with van der Waals surface area (Å²) in [6.45, 7) is 6.96. The van der Waals surface area contributed by atoms with Gasteiger partial charge in [0.05, 0.1) is 13.1 Å². The average Bonchev–Trinajstić information content (AvgIpc) is 2.40. The van der Waals surface area contributed by atoms with E-state index in [-0.39, 0.29) is 23.5 Å². The molecule has 0 radical (unpaired) electrons. The molecule has 2 amide bonds. The van der Waals surface area contributed by atoms with Gasteiger partial charge in [-0.2, -0.15) is 0 Å². The second-order valence-corrected chi connectivity index (χ2v) is 5.43. The highest BCUT2D eigenvalue weighted by molar-refractivity contribution is 5.76. The molecule has 5 heteroatoms. The maximum atomic E-state index is 11.5. The molecule has 1 aliphatic heterocycles. The molecule has 16 heavy (non-hydrogen) atoms. The van der Waals surface area contributed by atoms with Crippen molar-refractivity contribution in [3.63, 3.8) is 0 Å². The first-order valence-corrected chi connectivity index (χ1v) is 5.46. The molecule has 1 N–H and O–H groups in total. The Kier molecular flexibility index (Phi) is 3.78. The molecule has 0 aromatic carbocycles. The molecule has 1 fully saturated rings. The van der Waals surface area contributed by atoms with E-state index in [1.807, 2.05) is 20.8 Å². The number of rotatable bonds is 3. The first-order chi connectivity index (χ1) is 7.28. The predicted octanol–water partition coefficient (Wildman–Crippen LogP) is 0.989. The lowest BCUT2D eigenvalue weighted by Crippen LogP contribution is -2.35. The van der Waals surface area contributed by atoms with Crippen LogP contribution in [0.4, 0.5) is 4.79 Å². The molecule has 0 spiro atoms. The van der Waals surface area contributed by atoms with Crippen LogP contribution in [0.5, 0.6) is 0 Å². The number of ether oxygens (including phenoxy) is 1. The number of cyclic esters (lactones) is 1. The van der Waals surface area contributed by atoms with E-state index in [4.69, 9.17) is 4.74 Å². The summed E-state index contributed by atoms with van der Waals surface area (Å²) in [6, 6.07) is 0. The fourth-order valence-corrected chi connectivity index (χ4v) is 1.53. The number of nitrogens with one attached hydrogen (secondary N) is 1. The molecule has 92 valence electrons. The second kappa shape index (κ2) is 4.72. The van der Waals surface area contributed by atoms with Crippen molar-refractivity contribution in [1.82, 2.24) is 10.2 Å². The molecule has 0 aliphatic carbocycles. The topological polar surface area (TPSA) is 58.6 Å². The third-order valence-corrected chi connectivity index (χ3v) is 2.27. The van der Waals surface area contributed by atoms with Gasteiger partial charge in [0, 0.05) is 13.5 Å². The zero-order valence-electron chi connectivity index (χ0n) is 10.4. The molecule has 1 atom stereocenters. The minimum absolute atomic E-state index is 0.00176. The smallest absolute Gasteiger partial charge is 0.410 e. The molecule has 0 bridgehead atoms. The number of hydrogen-bond acceptors (Lipinski definition) is 3. The Hall–Kier alpha value is -1.26. The van der Waals surface area contributed by atoms with E-state index in [9.17, 15) is 9.59 Å². The third-order valence-electron chi connectivity index (χ3n) is 2.27. The highest BCUT2D eigenvalue weighted by Gasteiger charge is 2.28. The van der Waals surface area contributed by atoms with Crippen molar-refractivity contribution in [3.05, 3.63) is 0 Å². The van der Waals surface area contributed by atoms with Gasteiger partial charge in [0.15, 0.2) is 0 Å². The Balaban J connectivity index is 2.26. The van der Waals surface area contributed by atoms with E-state index >= 15 is 0 Å². The Morgan fingerprint density at radius 1 is 1.56 bits per heavy atom. The summed E-state index contributed by atoms with van der Waals surface area (Å²) in [5.74, 6) is -0.00176. The predicted molar refractivity (Wildman–Crippen MR) is 60.0 cm³/mol. The van der Waals surface area contributed by atoms with Gasteiger partial charge in [-0.1, -0.05) is 20.8 Å². The van der Waals surface area contributed by atoms with Crippen molar-refractivity contribution in [2.75, 3.05) is 20.1 Å². The summed E-state index contributed by atoms with van der Waals surface area (Å²) in [5.41, 5.74) is -0.0206. The van der Waals surface area contributed by atoms with E-state index in [0.717, 1.165) is 0 Å². The number of hydrogen-bond donors (Lipinski definition) is 1. The van der Waals surface area contributed by atoms with Crippen LogP contribution in [0.3, 0.4) is 0 Å². The van der Waals surface area contributed by atoms with Crippen LogP contribution in [0, 0.1) is 5.41 Å². The van der Waals surface area contributed by atoms with E-state index in [1.54, 1.807) is 7.05 Å². The largest absolute Gasteiger partial charge is 0.442 e. The van der Waals surface area contributed by atoms with E-state index < -0.39 is 0 Å². The van der Waals surface area contributed by atoms with Crippen molar-refractivity contribution in [1.29, 1.82) is 0 Å². The highest BCUT2D eigenvalue weighted by Crippen LogP contribution is 2.17. The Bertz CT molecular complexity index is 283. The van der Waals surface area contributed by atoms with Crippen molar-refractivity contribution in [2.45, 2.75) is 33.3 Å². The fraction of sp³-hybridized carbons (Fsp3) is 0.818. The van der Waals surface area contributed by atoms with Crippen LogP contribution in [0.2, 0.25) is 0 Å². The van der Waals surface area contributed by atoms with Gasteiger partial charge >= 0.3 is 6.09 Å². The lowest BCUT2D eigenvalue weighted by molar-refractivity contribution is -0.123. The van der Waals surface area contributed by atoms with Gasteiger partial charge in [-0.3, -0.25) is 4.79 Å². The number of carbonyl (C=O) groups is 2. The van der Waals surface area contributed by atoms with Gasteiger partial charge in [0.1, 0.15) is 6.10 Å². The zero-order chi connectivity index (χ0) is 12.3. The summed E-state index contributed by atoms with van der Waals surface area (Å²) in [4.78, 5) is 24.1. The first-order valence-electron chi connectivity index (χ1n) is 5.46. The summed E-state index contributed by atoms with van der Waals surface area (Å²) in [6.07, 6.45) is -0.0692. The van der Waals surface area contributed by atoms with Gasteiger partial charge in [0.2, 0.25) is 5.91 Å². The lowest BCUT2D eigenvalue weighted by Gasteiger charge is -2.18. The van der Waals surface area contributed by atoms with Crippen molar-refractivity contribution < 1.29 is 14.3 Å². The number of nitrogens with zero attached hydrogens (tertiary/aromatic N) is 1. The van der Waals surface area contributed by atoms with Crippen molar-refractivity contribution in [3.8, 4) is 0 Å². The summed E-state index contributed by atoms with van der Waals surface area (Å²) in [5, 5.41) is 2.78. The molecule has 0 aromatic rings. The van der Waals surface area contributed by atoms with Crippen LogP contribution in [0.1, 0.15) is 27.2 Å². The van der Waals surface area contributed by atoms with Crippen LogP contribution in [0.25, 0.3) is 0 Å². The zero-order valence-corrected chi connectivity index (χ0v) is 10.4. The normalized spacial score (nSPS) is 20.9. The highest BCUT2D eigenvalue weighted by atomic mass is 16.6. The summed E-state index contributed by atoms with van der Waals surface area (Å²) >= 11 is 0. The Labute approximate surface area is 96.1 Å². The maximum Gasteiger partial charge on any atom is 0.410 e. The van der Waals surface area contributed by atoms with Crippen molar-refractivity contribution in [2.24, 2.45) is 5.41 Å². The standard InChI is InChI=1S/C11H20N2O3/c1-11(2,3)5-9(14)12-6-8-7-13(4)10(15)16-8/h8H,5-7H2,1-4H3,(H,12,14). The molecule has 1 unspecified atom stereocenters. The van der Waals surface area contributed by atoms with Gasteiger partial charge in [-0.05, 0) is 5.41 Å². The van der Waals surface area contributed by atoms with Gasteiger partial charge in [0.25, 0.3) is 0 Å². The van der Waals surface area contributed by atoms with Gasteiger partial charge < -0.3 is 15.0 Å². The first kappa shape index (κ1) is 12.8. The summed E-state index contributed by atoms with van der Waals surface area (Å²) < 4.78 is 5.03. The maximum absolute atomic E-state index is 11.5. The molecule has 1 aliphatic rings. The minimum atomic E-state index is -0.324. The average molecular weight is 228 g/mol. The molecule has 1 rings (SSSR count). The quantitative estimate of drug-likeness (QED) is 0.783. The minimum Gasteiger partial charge on any atom is -0.442 e. The number of amides is 2. The number of likely N-dealkylation sites (N-methyl/N-ethyl adjacent to an activating group) is 1. The SMILES string of the molecule is CN1CC(CNC(=O)CC(C)(C)C)OC1=O. The Morgan fingerprint density at radius 3 is 2.62 bits per heavy atom. The fourth-order valence-electron chi connectivity index (χ4n) is 1.53. The van der Waals surface area contributed by atoms with Crippen molar-refractivity contribution >= 4 is 12.0 Å². The molecule has 1 heterocycles. The molecular formula is C11H20N2O3. The van der Waals surface area contributed by atoms with Crippen LogP contribution >= 0.6 is 0 Å². The molecule has 5 nitrogen and oxygen atoms in total. The van der Waals surface area contributed by atoms with E-state index in [2.05, 4.69) is 5.32 Å². The lowest BCUT2D eigenvalue weighted by atomic mass is 9.92. The molecular weight excluding hydrogens is 208 g/mol. The Morgan fingerprint density at radius 2 is 2.19 bits per heavy atom. The van der Waals surface area contributed by atoms with Crippen LogP contribution in [-0.2, 0) is 9.53 Å². The van der Waals surface area contributed by atoms with Crippen LogP contribution in [0.15, 0.2) is 0 Å². The van der Waals surface area contributed by atoms with Gasteiger partial charge in [-0.15, -0.1) is 0 Å². The molecule has 1 saturated heterocycles. The monoisotopic (exact) mass is 228 g/mol. The number of carbonyl (C=O) groups excluding carboxylic acids is 2. The van der Waals surface area contributed by atoms with E-state index in [1.165, 1.54) is 4.90 Å². The van der Waals surface area contributed by atoms with Crippen LogP contribution in [-0.4, -0.2) is 43.1 Å². The molecule has 0 aromatic heterocycles. The van der Waals surface area contributed by atoms with Crippen LogP contribution < -0.4 is 5.32 Å². The molecule has 0 saturated carbocycles. The summed E-state index contributed by atoms with van der Waals surface area (Å²) in [7, 11) is 1.68. The second-order valence-electron chi connectivity index (χ2n) is 5.43. The third kappa shape index (κ3) is 4.08. The van der Waals surface area contributed by atoms with Gasteiger partial charge in [-0.25, -0.2) is 4.79 Å². The van der Waals surface area contributed by atoms with E-state index in [0.29, 0.717) is 19.5 Å².